The fourth-order valence-corrected chi connectivity index (χ4v) is 2.46. The lowest BCUT2D eigenvalue weighted by Gasteiger charge is -2.30. The van der Waals surface area contributed by atoms with E-state index < -0.39 is 0 Å². The minimum absolute atomic E-state index is 0.560. The highest BCUT2D eigenvalue weighted by atomic mass is 16.5. The van der Waals surface area contributed by atoms with Gasteiger partial charge in [0.1, 0.15) is 0 Å². The summed E-state index contributed by atoms with van der Waals surface area (Å²) in [5, 5.41) is 3.33. The third-order valence-electron chi connectivity index (χ3n) is 3.41. The van der Waals surface area contributed by atoms with Gasteiger partial charge in [0.15, 0.2) is 0 Å². The lowest BCUT2D eigenvalue weighted by Crippen LogP contribution is -2.39. The van der Waals surface area contributed by atoms with Crippen LogP contribution in [-0.2, 0) is 11.3 Å². The van der Waals surface area contributed by atoms with Crippen molar-refractivity contribution in [1.29, 1.82) is 0 Å². The third kappa shape index (κ3) is 5.13. The molecule has 0 aliphatic rings. The maximum atomic E-state index is 5.06. The van der Waals surface area contributed by atoms with Gasteiger partial charge in [-0.25, -0.2) is 4.98 Å². The molecule has 0 aliphatic carbocycles. The number of nitrogens with one attached hydrogen (secondary N) is 1. The van der Waals surface area contributed by atoms with Crippen LogP contribution in [0.5, 0.6) is 0 Å². The molecule has 1 N–H and O–H groups in total. The summed E-state index contributed by atoms with van der Waals surface area (Å²) in [5.41, 5.74) is 1.05. The number of hydrogen-bond acceptors (Lipinski definition) is 4. The summed E-state index contributed by atoms with van der Waals surface area (Å²) in [5.74, 6) is 0.937. The molecule has 1 aromatic heterocycles. The third-order valence-corrected chi connectivity index (χ3v) is 3.41. The summed E-state index contributed by atoms with van der Waals surface area (Å²) in [7, 11) is 1.71. The Labute approximate surface area is 123 Å². The first-order valence-electron chi connectivity index (χ1n) is 7.48. The molecule has 0 saturated carbocycles. The highest BCUT2D eigenvalue weighted by Crippen LogP contribution is 2.11. The normalized spacial score (nSPS) is 11.8. The Kier molecular flexibility index (Phi) is 7.02. The van der Waals surface area contributed by atoms with Gasteiger partial charge in [0, 0.05) is 45.0 Å². The van der Waals surface area contributed by atoms with Crippen molar-refractivity contribution in [2.45, 2.75) is 53.2 Å². The molecule has 0 bridgehead atoms. The zero-order valence-corrected chi connectivity index (χ0v) is 13.8. The van der Waals surface area contributed by atoms with Gasteiger partial charge in [-0.1, -0.05) is 0 Å². The van der Waals surface area contributed by atoms with Crippen molar-refractivity contribution in [3.8, 4) is 0 Å². The Morgan fingerprint density at radius 1 is 1.30 bits per heavy atom. The van der Waals surface area contributed by atoms with Crippen LogP contribution in [0.1, 0.15) is 33.4 Å². The SMILES string of the molecule is COCCNc1nc(C)cn1CCN(C(C)C)C(C)C. The monoisotopic (exact) mass is 282 g/mol. The maximum absolute atomic E-state index is 5.06. The number of methoxy groups -OCH3 is 1. The van der Waals surface area contributed by atoms with E-state index in [0.717, 1.165) is 31.3 Å². The molecule has 0 amide bonds. The molecule has 0 radical (unpaired) electrons. The number of hydrogen-bond donors (Lipinski definition) is 1. The van der Waals surface area contributed by atoms with Gasteiger partial charge in [0.2, 0.25) is 5.95 Å². The van der Waals surface area contributed by atoms with E-state index in [1.165, 1.54) is 0 Å². The second kappa shape index (κ2) is 8.27. The number of rotatable bonds is 9. The number of aromatic nitrogens is 2. The predicted molar refractivity (Wildman–Crippen MR) is 84.3 cm³/mol. The number of imidazole rings is 1. The smallest absolute Gasteiger partial charge is 0.203 e. The Bertz CT molecular complexity index is 379. The van der Waals surface area contributed by atoms with Crippen molar-refractivity contribution in [2.24, 2.45) is 0 Å². The van der Waals surface area contributed by atoms with Crippen molar-refractivity contribution in [2.75, 3.05) is 32.1 Å². The molecule has 1 rings (SSSR count). The van der Waals surface area contributed by atoms with Crippen LogP contribution in [0.2, 0.25) is 0 Å². The quantitative estimate of drug-likeness (QED) is 0.706. The Morgan fingerprint density at radius 2 is 1.95 bits per heavy atom. The Morgan fingerprint density at radius 3 is 2.50 bits per heavy atom. The molecular weight excluding hydrogens is 252 g/mol. The van der Waals surface area contributed by atoms with Gasteiger partial charge in [-0.15, -0.1) is 0 Å². The molecule has 0 spiro atoms. The minimum atomic E-state index is 0.560. The van der Waals surface area contributed by atoms with Crippen molar-refractivity contribution in [1.82, 2.24) is 14.5 Å². The Balaban J connectivity index is 2.62. The average Bonchev–Trinajstić information content (AvgIpc) is 2.69. The van der Waals surface area contributed by atoms with Crippen molar-refractivity contribution in [3.05, 3.63) is 11.9 Å². The van der Waals surface area contributed by atoms with Gasteiger partial charge in [-0.05, 0) is 34.6 Å². The second-order valence-electron chi connectivity index (χ2n) is 5.74. The first-order chi connectivity index (χ1) is 9.45. The molecule has 1 heterocycles. The lowest BCUT2D eigenvalue weighted by molar-refractivity contribution is 0.168. The molecule has 0 atom stereocenters. The van der Waals surface area contributed by atoms with Gasteiger partial charge in [-0.2, -0.15) is 0 Å². The summed E-state index contributed by atoms with van der Waals surface area (Å²) in [6.07, 6.45) is 2.11. The average molecular weight is 282 g/mol. The van der Waals surface area contributed by atoms with Crippen molar-refractivity contribution < 1.29 is 4.74 Å². The number of aryl methyl sites for hydroxylation is 1. The largest absolute Gasteiger partial charge is 0.383 e. The van der Waals surface area contributed by atoms with Crippen molar-refractivity contribution in [3.63, 3.8) is 0 Å². The first kappa shape index (κ1) is 17.0. The van der Waals surface area contributed by atoms with E-state index in [0.29, 0.717) is 18.7 Å². The van der Waals surface area contributed by atoms with Gasteiger partial charge in [0.25, 0.3) is 0 Å². The summed E-state index contributed by atoms with van der Waals surface area (Å²) in [6, 6.07) is 1.12. The summed E-state index contributed by atoms with van der Waals surface area (Å²) in [6.45, 7) is 14.5. The van der Waals surface area contributed by atoms with Gasteiger partial charge >= 0.3 is 0 Å². The summed E-state index contributed by atoms with van der Waals surface area (Å²) < 4.78 is 7.26. The van der Waals surface area contributed by atoms with Crippen LogP contribution in [0, 0.1) is 6.92 Å². The topological polar surface area (TPSA) is 42.3 Å². The molecule has 0 saturated heterocycles. The van der Waals surface area contributed by atoms with E-state index in [4.69, 9.17) is 4.74 Å². The van der Waals surface area contributed by atoms with E-state index in [1.807, 2.05) is 6.92 Å². The van der Waals surface area contributed by atoms with Gasteiger partial charge in [0.05, 0.1) is 12.3 Å². The lowest BCUT2D eigenvalue weighted by atomic mass is 10.2. The van der Waals surface area contributed by atoms with E-state index in [-0.39, 0.29) is 0 Å². The zero-order valence-electron chi connectivity index (χ0n) is 13.8. The summed E-state index contributed by atoms with van der Waals surface area (Å²) in [4.78, 5) is 7.02. The minimum Gasteiger partial charge on any atom is -0.383 e. The fraction of sp³-hybridized carbons (Fsp3) is 0.800. The van der Waals surface area contributed by atoms with Crippen LogP contribution in [0.15, 0.2) is 6.20 Å². The van der Waals surface area contributed by atoms with E-state index in [9.17, 15) is 0 Å². The number of nitrogens with zero attached hydrogens (tertiary/aromatic N) is 3. The Hall–Kier alpha value is -1.07. The standard InChI is InChI=1S/C15H30N4O/c1-12(2)19(13(3)4)9-8-18-11-14(5)17-15(18)16-7-10-20-6/h11-13H,7-10H2,1-6H3,(H,16,17). The summed E-state index contributed by atoms with van der Waals surface area (Å²) >= 11 is 0. The molecule has 5 heteroatoms. The van der Waals surface area contributed by atoms with Crippen LogP contribution in [0.4, 0.5) is 5.95 Å². The van der Waals surface area contributed by atoms with Crippen molar-refractivity contribution >= 4 is 5.95 Å². The van der Waals surface area contributed by atoms with Gasteiger partial charge < -0.3 is 14.6 Å². The van der Waals surface area contributed by atoms with Crippen LogP contribution >= 0.6 is 0 Å². The highest BCUT2D eigenvalue weighted by Gasteiger charge is 2.14. The van der Waals surface area contributed by atoms with E-state index in [2.05, 4.69) is 53.7 Å². The van der Waals surface area contributed by atoms with Crippen LogP contribution in [0.25, 0.3) is 0 Å². The van der Waals surface area contributed by atoms with Crippen LogP contribution in [0.3, 0.4) is 0 Å². The first-order valence-corrected chi connectivity index (χ1v) is 7.48. The fourth-order valence-electron chi connectivity index (χ4n) is 2.46. The molecule has 5 nitrogen and oxygen atoms in total. The molecule has 1 aromatic rings. The molecule has 0 aliphatic heterocycles. The van der Waals surface area contributed by atoms with Gasteiger partial charge in [-0.3, -0.25) is 4.90 Å². The van der Waals surface area contributed by atoms with E-state index in [1.54, 1.807) is 7.11 Å². The second-order valence-corrected chi connectivity index (χ2v) is 5.74. The molecule has 0 unspecified atom stereocenters. The maximum Gasteiger partial charge on any atom is 0.203 e. The van der Waals surface area contributed by atoms with Crippen LogP contribution < -0.4 is 5.32 Å². The highest BCUT2D eigenvalue weighted by molar-refractivity contribution is 5.28. The number of ether oxygens (including phenoxy) is 1. The van der Waals surface area contributed by atoms with Crippen LogP contribution in [-0.4, -0.2) is 53.3 Å². The number of anilines is 1. The molecule has 0 fully saturated rings. The zero-order chi connectivity index (χ0) is 15.1. The molecular formula is C15H30N4O. The molecule has 0 aromatic carbocycles. The molecule has 116 valence electrons. The molecule has 20 heavy (non-hydrogen) atoms. The van der Waals surface area contributed by atoms with E-state index >= 15 is 0 Å². The predicted octanol–water partition coefficient (Wildman–Crippen LogP) is 2.37.